The van der Waals surface area contributed by atoms with Crippen LogP contribution < -0.4 is 4.74 Å². The van der Waals surface area contributed by atoms with Crippen molar-refractivity contribution < 1.29 is 13.2 Å². The van der Waals surface area contributed by atoms with Crippen LogP contribution in [0.2, 0.25) is 0 Å². The van der Waals surface area contributed by atoms with Crippen molar-refractivity contribution in [3.8, 4) is 17.0 Å². The third kappa shape index (κ3) is 4.70. The molecule has 0 spiro atoms. The highest BCUT2D eigenvalue weighted by Crippen LogP contribution is 2.34. The molecule has 0 saturated carbocycles. The van der Waals surface area contributed by atoms with E-state index in [-0.39, 0.29) is 5.75 Å². The molecule has 3 aromatic rings. The van der Waals surface area contributed by atoms with Crippen molar-refractivity contribution in [3.05, 3.63) is 71.9 Å². The highest BCUT2D eigenvalue weighted by molar-refractivity contribution is 7.91. The normalized spacial score (nSPS) is 17.5. The lowest BCUT2D eigenvalue weighted by molar-refractivity contribution is 0.139. The maximum Gasteiger partial charge on any atom is 0.178 e. The van der Waals surface area contributed by atoms with E-state index in [4.69, 9.17) is 4.74 Å². The molecule has 4 rings (SSSR count). The van der Waals surface area contributed by atoms with Crippen molar-refractivity contribution in [1.29, 1.82) is 0 Å². The number of likely N-dealkylation sites (tertiary alicyclic amines) is 1. The first-order valence-electron chi connectivity index (χ1n) is 10.9. The summed E-state index contributed by atoms with van der Waals surface area (Å²) < 4.78 is 30.2. The number of benzene rings is 2. The van der Waals surface area contributed by atoms with Gasteiger partial charge < -0.3 is 9.72 Å². The van der Waals surface area contributed by atoms with Crippen molar-refractivity contribution in [2.24, 2.45) is 0 Å². The van der Waals surface area contributed by atoms with Gasteiger partial charge in [0.15, 0.2) is 9.84 Å². The third-order valence-electron chi connectivity index (χ3n) is 6.12. The van der Waals surface area contributed by atoms with Gasteiger partial charge in [0.05, 0.1) is 17.8 Å². The van der Waals surface area contributed by atoms with E-state index in [1.54, 1.807) is 32.2 Å². The van der Waals surface area contributed by atoms with Crippen LogP contribution in [0.5, 0.6) is 5.75 Å². The number of aromatic nitrogens is 1. The Labute approximate surface area is 185 Å². The molecule has 1 atom stereocenters. The van der Waals surface area contributed by atoms with E-state index in [2.05, 4.69) is 46.3 Å². The highest BCUT2D eigenvalue weighted by Gasteiger charge is 2.24. The summed E-state index contributed by atoms with van der Waals surface area (Å²) in [5, 5.41) is 0. The average molecular weight is 439 g/mol. The van der Waals surface area contributed by atoms with Crippen molar-refractivity contribution in [2.75, 3.05) is 19.4 Å². The van der Waals surface area contributed by atoms with Crippen molar-refractivity contribution in [3.63, 3.8) is 0 Å². The first kappa shape index (κ1) is 21.7. The fourth-order valence-electron chi connectivity index (χ4n) is 4.40. The van der Waals surface area contributed by atoms with Gasteiger partial charge in [-0.25, -0.2) is 8.42 Å². The van der Waals surface area contributed by atoms with E-state index in [9.17, 15) is 8.42 Å². The third-order valence-corrected chi connectivity index (χ3v) is 7.85. The molecular weight excluding hydrogens is 408 g/mol. The van der Waals surface area contributed by atoms with Crippen LogP contribution in [0.15, 0.2) is 65.6 Å². The van der Waals surface area contributed by atoms with Crippen LogP contribution in [0.1, 0.15) is 43.5 Å². The minimum Gasteiger partial charge on any atom is -0.496 e. The van der Waals surface area contributed by atoms with Crippen molar-refractivity contribution >= 4 is 9.84 Å². The summed E-state index contributed by atoms with van der Waals surface area (Å²) >= 11 is 0. The maximum atomic E-state index is 12.4. The number of rotatable bonds is 7. The lowest BCUT2D eigenvalue weighted by Gasteiger charge is -2.35. The Bertz CT molecular complexity index is 1120. The molecule has 0 amide bonds. The molecule has 1 aliphatic rings. The van der Waals surface area contributed by atoms with Crippen LogP contribution in [0, 0.1) is 0 Å². The van der Waals surface area contributed by atoms with E-state index in [0.29, 0.717) is 16.7 Å². The molecule has 1 N–H and O–H groups in total. The Morgan fingerprint density at radius 3 is 2.61 bits per heavy atom. The molecule has 1 aliphatic heterocycles. The minimum atomic E-state index is -3.29. The van der Waals surface area contributed by atoms with E-state index in [1.165, 1.54) is 24.8 Å². The Morgan fingerprint density at radius 2 is 1.87 bits per heavy atom. The largest absolute Gasteiger partial charge is 0.496 e. The van der Waals surface area contributed by atoms with E-state index in [0.717, 1.165) is 30.0 Å². The zero-order valence-electron chi connectivity index (χ0n) is 18.2. The molecule has 0 radical (unpaired) electrons. The van der Waals surface area contributed by atoms with E-state index >= 15 is 0 Å². The molecule has 1 fully saturated rings. The summed E-state index contributed by atoms with van der Waals surface area (Å²) in [6.45, 7) is 3.56. The number of sulfone groups is 1. The number of piperidine rings is 1. The summed E-state index contributed by atoms with van der Waals surface area (Å²) in [5.74, 6) is 0.730. The van der Waals surface area contributed by atoms with Gasteiger partial charge in [0.2, 0.25) is 0 Å². The van der Waals surface area contributed by atoms with Crippen molar-refractivity contribution in [1.82, 2.24) is 9.88 Å². The van der Waals surface area contributed by atoms with Gasteiger partial charge in [0, 0.05) is 29.5 Å². The number of hydrogen-bond acceptors (Lipinski definition) is 4. The summed E-state index contributed by atoms with van der Waals surface area (Å²) in [7, 11) is -1.68. The average Bonchev–Trinajstić information content (AvgIpc) is 3.28. The van der Waals surface area contributed by atoms with Gasteiger partial charge >= 0.3 is 0 Å². The predicted molar refractivity (Wildman–Crippen MR) is 124 cm³/mol. The second-order valence-electron chi connectivity index (χ2n) is 8.06. The van der Waals surface area contributed by atoms with Crippen LogP contribution in [-0.2, 0) is 16.4 Å². The smallest absolute Gasteiger partial charge is 0.178 e. The fourth-order valence-corrected chi connectivity index (χ4v) is 5.31. The molecular formula is C25H30N2O3S. The number of nitrogens with one attached hydrogen (secondary N) is 1. The van der Waals surface area contributed by atoms with Gasteiger partial charge in [-0.3, -0.25) is 4.90 Å². The van der Waals surface area contributed by atoms with Crippen LogP contribution in [0.3, 0.4) is 0 Å². The Hall–Kier alpha value is -2.57. The summed E-state index contributed by atoms with van der Waals surface area (Å²) in [6, 6.07) is 20.3. The van der Waals surface area contributed by atoms with Crippen molar-refractivity contribution in [2.45, 2.75) is 43.7 Å². The number of aromatic amines is 1. The monoisotopic (exact) mass is 438 g/mol. The summed E-state index contributed by atoms with van der Waals surface area (Å²) in [6.07, 6.45) is 3.63. The standard InChI is InChI=1S/C25H30N2O3S/c1-3-31(28,29)21-13-15-25(30-2)22(17-21)23-14-12-20(26-23)18-27-16-8-7-11-24(27)19-9-5-4-6-10-19/h4-6,9-10,12-15,17,24,26H,3,7-8,11,16,18H2,1-2H3/t24-/m0/s1. The molecule has 0 bridgehead atoms. The molecule has 1 aromatic heterocycles. The zero-order valence-corrected chi connectivity index (χ0v) is 19.0. The second kappa shape index (κ2) is 9.28. The molecule has 164 valence electrons. The number of hydrogen-bond donors (Lipinski definition) is 1. The number of ether oxygens (including phenoxy) is 1. The summed E-state index contributed by atoms with van der Waals surface area (Å²) in [4.78, 5) is 6.36. The number of nitrogens with zero attached hydrogens (tertiary/aromatic N) is 1. The second-order valence-corrected chi connectivity index (χ2v) is 10.3. The van der Waals surface area contributed by atoms with Gasteiger partial charge in [-0.2, -0.15) is 0 Å². The van der Waals surface area contributed by atoms with Gasteiger partial charge in [0.1, 0.15) is 5.75 Å². The SMILES string of the molecule is CCS(=O)(=O)c1ccc(OC)c(-c2ccc(CN3CCCC[C@H]3c3ccccc3)[nH]2)c1. The molecule has 1 saturated heterocycles. The van der Waals surface area contributed by atoms with Gasteiger partial charge in [-0.15, -0.1) is 0 Å². The topological polar surface area (TPSA) is 62.4 Å². The Kier molecular flexibility index (Phi) is 6.49. The lowest BCUT2D eigenvalue weighted by atomic mass is 9.95. The quantitative estimate of drug-likeness (QED) is 0.550. The fraction of sp³-hybridized carbons (Fsp3) is 0.360. The van der Waals surface area contributed by atoms with Crippen LogP contribution in [0.25, 0.3) is 11.3 Å². The molecule has 2 aromatic carbocycles. The Morgan fingerprint density at radius 1 is 1.06 bits per heavy atom. The first-order chi connectivity index (χ1) is 15.0. The molecule has 6 heteroatoms. The Balaban J connectivity index is 1.60. The zero-order chi connectivity index (χ0) is 21.8. The highest BCUT2D eigenvalue weighted by atomic mass is 32.2. The van der Waals surface area contributed by atoms with E-state index in [1.807, 2.05) is 6.07 Å². The predicted octanol–water partition coefficient (Wildman–Crippen LogP) is 5.21. The summed E-state index contributed by atoms with van der Waals surface area (Å²) in [5.41, 5.74) is 4.12. The molecule has 5 nitrogen and oxygen atoms in total. The first-order valence-corrected chi connectivity index (χ1v) is 12.5. The molecule has 31 heavy (non-hydrogen) atoms. The van der Waals surface area contributed by atoms with E-state index < -0.39 is 9.84 Å². The van der Waals surface area contributed by atoms with Gasteiger partial charge in [-0.05, 0) is 55.3 Å². The number of H-pyrrole nitrogens is 1. The van der Waals surface area contributed by atoms with Crippen LogP contribution in [0.4, 0.5) is 0 Å². The van der Waals surface area contributed by atoms with Crippen LogP contribution in [-0.4, -0.2) is 37.7 Å². The van der Waals surface area contributed by atoms with Crippen LogP contribution >= 0.6 is 0 Å². The number of methoxy groups -OCH3 is 1. The maximum absolute atomic E-state index is 12.4. The van der Waals surface area contributed by atoms with Gasteiger partial charge in [-0.1, -0.05) is 43.7 Å². The lowest BCUT2D eigenvalue weighted by Crippen LogP contribution is -2.33. The minimum absolute atomic E-state index is 0.0740. The molecule has 2 heterocycles. The molecule has 0 unspecified atom stereocenters. The van der Waals surface area contributed by atoms with Gasteiger partial charge in [0.25, 0.3) is 0 Å². The molecule has 0 aliphatic carbocycles.